The summed E-state index contributed by atoms with van der Waals surface area (Å²) in [7, 11) is 0. The number of benzene rings is 1. The summed E-state index contributed by atoms with van der Waals surface area (Å²) in [5.41, 5.74) is 1.03. The number of Topliss-reactive ketones (excluding diaryl/α,β-unsaturated/α-hetero) is 1. The lowest BCUT2D eigenvalue weighted by Gasteiger charge is -2.22. The predicted molar refractivity (Wildman–Crippen MR) is 75.1 cm³/mol. The summed E-state index contributed by atoms with van der Waals surface area (Å²) >= 11 is 0. The Morgan fingerprint density at radius 1 is 1.20 bits per heavy atom. The van der Waals surface area contributed by atoms with Gasteiger partial charge in [-0.2, -0.15) is 0 Å². The third-order valence-corrected chi connectivity index (χ3v) is 3.68. The van der Waals surface area contributed by atoms with Gasteiger partial charge >= 0.3 is 5.63 Å². The molecule has 20 heavy (non-hydrogen) atoms. The summed E-state index contributed by atoms with van der Waals surface area (Å²) in [5, 5.41) is 0.851. The van der Waals surface area contributed by atoms with Crippen LogP contribution < -0.4 is 10.4 Å². The standard InChI is InChI=1S/C16H16O4/c1-10-8-11-6-7-16(18)20-15(11)9-14(10)19-13-5-3-2-4-12(13)17/h6-9,13H,2-5H2,1H3. The topological polar surface area (TPSA) is 56.5 Å². The molecular weight excluding hydrogens is 256 g/mol. The lowest BCUT2D eigenvalue weighted by Crippen LogP contribution is -2.30. The molecule has 0 radical (unpaired) electrons. The zero-order chi connectivity index (χ0) is 14.1. The van der Waals surface area contributed by atoms with Gasteiger partial charge in [0.25, 0.3) is 0 Å². The van der Waals surface area contributed by atoms with Crippen LogP contribution in [0, 0.1) is 6.92 Å². The molecule has 0 bridgehead atoms. The molecule has 2 aromatic rings. The maximum absolute atomic E-state index is 11.8. The van der Waals surface area contributed by atoms with Gasteiger partial charge in [0, 0.05) is 23.9 Å². The van der Waals surface area contributed by atoms with E-state index in [4.69, 9.17) is 9.15 Å². The van der Waals surface area contributed by atoms with Crippen molar-refractivity contribution in [3.05, 3.63) is 40.2 Å². The quantitative estimate of drug-likeness (QED) is 0.789. The Balaban J connectivity index is 1.96. The first-order chi connectivity index (χ1) is 9.63. The zero-order valence-corrected chi connectivity index (χ0v) is 11.3. The minimum Gasteiger partial charge on any atom is -0.482 e. The van der Waals surface area contributed by atoms with E-state index >= 15 is 0 Å². The van der Waals surface area contributed by atoms with Crippen LogP contribution in [-0.4, -0.2) is 11.9 Å². The molecule has 1 aliphatic rings. The summed E-state index contributed by atoms with van der Waals surface area (Å²) < 4.78 is 11.0. The van der Waals surface area contributed by atoms with Crippen LogP contribution in [0.2, 0.25) is 0 Å². The number of fused-ring (bicyclic) bond motifs is 1. The third kappa shape index (κ3) is 2.46. The molecule has 0 amide bonds. The Bertz CT molecular complexity index is 714. The number of hydrogen-bond donors (Lipinski definition) is 0. The van der Waals surface area contributed by atoms with Crippen LogP contribution in [0.3, 0.4) is 0 Å². The Hall–Kier alpha value is -2.10. The monoisotopic (exact) mass is 272 g/mol. The molecule has 1 fully saturated rings. The molecule has 4 heteroatoms. The van der Waals surface area contributed by atoms with Crippen LogP contribution >= 0.6 is 0 Å². The van der Waals surface area contributed by atoms with Gasteiger partial charge in [-0.3, -0.25) is 4.79 Å². The third-order valence-electron chi connectivity index (χ3n) is 3.68. The van der Waals surface area contributed by atoms with Crippen LogP contribution in [0.25, 0.3) is 11.0 Å². The van der Waals surface area contributed by atoms with Crippen LogP contribution in [0.15, 0.2) is 33.5 Å². The van der Waals surface area contributed by atoms with Crippen molar-refractivity contribution in [1.82, 2.24) is 0 Å². The Kier molecular flexibility index (Phi) is 3.30. The molecular formula is C16H16O4. The molecule has 1 aromatic carbocycles. The molecule has 1 aromatic heterocycles. The van der Waals surface area contributed by atoms with Gasteiger partial charge < -0.3 is 9.15 Å². The number of carbonyl (C=O) groups excluding carboxylic acids is 1. The number of ether oxygens (including phenoxy) is 1. The van der Waals surface area contributed by atoms with Gasteiger partial charge in [-0.1, -0.05) is 0 Å². The van der Waals surface area contributed by atoms with Gasteiger partial charge in [0.05, 0.1) is 0 Å². The fraction of sp³-hybridized carbons (Fsp3) is 0.375. The average molecular weight is 272 g/mol. The van der Waals surface area contributed by atoms with Crippen LogP contribution in [0.4, 0.5) is 0 Å². The molecule has 1 aliphatic carbocycles. The van der Waals surface area contributed by atoms with Crippen molar-refractivity contribution < 1.29 is 13.9 Å². The predicted octanol–water partition coefficient (Wildman–Crippen LogP) is 2.99. The van der Waals surface area contributed by atoms with Crippen molar-refractivity contribution in [2.24, 2.45) is 0 Å². The minimum atomic E-state index is -0.388. The SMILES string of the molecule is Cc1cc2ccc(=O)oc2cc1OC1CCCCC1=O. The fourth-order valence-electron chi connectivity index (χ4n) is 2.57. The van der Waals surface area contributed by atoms with Gasteiger partial charge in [-0.25, -0.2) is 4.79 Å². The smallest absolute Gasteiger partial charge is 0.336 e. The molecule has 0 N–H and O–H groups in total. The number of rotatable bonds is 2. The first-order valence-corrected chi connectivity index (χ1v) is 6.87. The van der Waals surface area contributed by atoms with Crippen LogP contribution in [0.1, 0.15) is 31.2 Å². The highest BCUT2D eigenvalue weighted by Gasteiger charge is 2.24. The molecule has 0 spiro atoms. The highest BCUT2D eigenvalue weighted by Crippen LogP contribution is 2.28. The molecule has 1 atom stereocenters. The van der Waals surface area contributed by atoms with Crippen molar-refractivity contribution in [2.45, 2.75) is 38.7 Å². The van der Waals surface area contributed by atoms with Crippen molar-refractivity contribution >= 4 is 16.8 Å². The summed E-state index contributed by atoms with van der Waals surface area (Å²) in [5.74, 6) is 0.775. The van der Waals surface area contributed by atoms with Crippen molar-refractivity contribution in [3.63, 3.8) is 0 Å². The molecule has 104 valence electrons. The maximum atomic E-state index is 11.8. The number of hydrogen-bond acceptors (Lipinski definition) is 4. The number of carbonyl (C=O) groups is 1. The van der Waals surface area contributed by atoms with Crippen molar-refractivity contribution in [3.8, 4) is 5.75 Å². The van der Waals surface area contributed by atoms with E-state index in [9.17, 15) is 9.59 Å². The second kappa shape index (κ2) is 5.12. The average Bonchev–Trinajstić information content (AvgIpc) is 2.42. The van der Waals surface area contributed by atoms with Gasteiger partial charge in [0.1, 0.15) is 11.3 Å². The van der Waals surface area contributed by atoms with Crippen LogP contribution in [-0.2, 0) is 4.79 Å². The Morgan fingerprint density at radius 2 is 2.05 bits per heavy atom. The maximum Gasteiger partial charge on any atom is 0.336 e. The number of aryl methyl sites for hydroxylation is 1. The molecule has 1 saturated carbocycles. The van der Waals surface area contributed by atoms with Gasteiger partial charge in [0.2, 0.25) is 0 Å². The summed E-state index contributed by atoms with van der Waals surface area (Å²) in [4.78, 5) is 23.1. The van der Waals surface area contributed by atoms with E-state index in [1.54, 1.807) is 12.1 Å². The molecule has 4 nitrogen and oxygen atoms in total. The highest BCUT2D eigenvalue weighted by atomic mass is 16.5. The van der Waals surface area contributed by atoms with E-state index in [0.29, 0.717) is 17.8 Å². The second-order valence-electron chi connectivity index (χ2n) is 5.23. The van der Waals surface area contributed by atoms with E-state index in [-0.39, 0.29) is 17.5 Å². The normalized spacial score (nSPS) is 19.2. The zero-order valence-electron chi connectivity index (χ0n) is 11.3. The Labute approximate surface area is 116 Å². The highest BCUT2D eigenvalue weighted by molar-refractivity contribution is 5.84. The summed E-state index contributed by atoms with van der Waals surface area (Å²) in [6.07, 6.45) is 2.94. The van der Waals surface area contributed by atoms with Crippen molar-refractivity contribution in [1.29, 1.82) is 0 Å². The Morgan fingerprint density at radius 3 is 2.85 bits per heavy atom. The fourth-order valence-corrected chi connectivity index (χ4v) is 2.57. The van der Waals surface area contributed by atoms with E-state index < -0.39 is 0 Å². The summed E-state index contributed by atoms with van der Waals surface area (Å²) in [6, 6.07) is 6.73. The van der Waals surface area contributed by atoms with Gasteiger partial charge in [0.15, 0.2) is 11.9 Å². The molecule has 3 rings (SSSR count). The molecule has 0 saturated heterocycles. The van der Waals surface area contributed by atoms with Crippen molar-refractivity contribution in [2.75, 3.05) is 0 Å². The lowest BCUT2D eigenvalue weighted by atomic mass is 9.96. The van der Waals surface area contributed by atoms with E-state index in [0.717, 1.165) is 30.2 Å². The van der Waals surface area contributed by atoms with Gasteiger partial charge in [-0.15, -0.1) is 0 Å². The largest absolute Gasteiger partial charge is 0.482 e. The van der Waals surface area contributed by atoms with E-state index in [1.807, 2.05) is 13.0 Å². The summed E-state index contributed by atoms with van der Waals surface area (Å²) in [6.45, 7) is 1.92. The first-order valence-electron chi connectivity index (χ1n) is 6.87. The van der Waals surface area contributed by atoms with Crippen LogP contribution in [0.5, 0.6) is 5.75 Å². The van der Waals surface area contributed by atoms with E-state index in [2.05, 4.69) is 0 Å². The van der Waals surface area contributed by atoms with E-state index in [1.165, 1.54) is 6.07 Å². The first kappa shape index (κ1) is 12.9. The number of ketones is 1. The molecule has 1 unspecified atom stereocenters. The lowest BCUT2D eigenvalue weighted by molar-refractivity contribution is -0.127. The molecule has 0 aliphatic heterocycles. The molecule has 1 heterocycles. The minimum absolute atomic E-state index is 0.158. The van der Waals surface area contributed by atoms with Gasteiger partial charge in [-0.05, 0) is 43.9 Å². The second-order valence-corrected chi connectivity index (χ2v) is 5.23.